The fourth-order valence-electron chi connectivity index (χ4n) is 4.31. The van der Waals surface area contributed by atoms with Crippen molar-refractivity contribution < 1.29 is 24.2 Å². The van der Waals surface area contributed by atoms with Crippen LogP contribution >= 0.6 is 0 Å². The van der Waals surface area contributed by atoms with E-state index in [4.69, 9.17) is 5.11 Å². The van der Waals surface area contributed by atoms with E-state index >= 15 is 0 Å². The molecule has 0 spiro atoms. The van der Waals surface area contributed by atoms with Gasteiger partial charge in [-0.05, 0) is 48.4 Å². The van der Waals surface area contributed by atoms with Crippen LogP contribution in [0.5, 0.6) is 0 Å². The van der Waals surface area contributed by atoms with Crippen LogP contribution in [0.4, 0.5) is 20.8 Å². The van der Waals surface area contributed by atoms with Crippen LogP contribution in [-0.2, 0) is 12.1 Å². The Balaban J connectivity index is 1.71. The summed E-state index contributed by atoms with van der Waals surface area (Å²) in [5.41, 5.74) is 0.930. The van der Waals surface area contributed by atoms with Crippen LogP contribution in [0.2, 0.25) is 0 Å². The molecule has 2 amide bonds. The number of carbonyl (C=O) groups is 2. The SMILES string of the molecule is CCc1cc(N2C(=O)c3ccccc3C2(O)c2ccc3nc(NC(=O)O)[nH]c3c2)ccc1F. The Bertz CT molecular complexity index is 1430. The third-order valence-electron chi connectivity index (χ3n) is 5.84. The van der Waals surface area contributed by atoms with Gasteiger partial charge in [0, 0.05) is 22.4 Å². The number of nitrogens with one attached hydrogen (secondary N) is 2. The number of hydrogen-bond donors (Lipinski definition) is 4. The van der Waals surface area contributed by atoms with E-state index in [0.717, 1.165) is 0 Å². The summed E-state index contributed by atoms with van der Waals surface area (Å²) in [6.45, 7) is 1.81. The molecule has 33 heavy (non-hydrogen) atoms. The van der Waals surface area contributed by atoms with Crippen LogP contribution in [0.3, 0.4) is 0 Å². The Labute approximate surface area is 187 Å². The molecule has 166 valence electrons. The Hall–Kier alpha value is -4.24. The molecule has 1 atom stereocenters. The molecule has 4 N–H and O–H groups in total. The smallest absolute Gasteiger partial charge is 0.411 e. The molecule has 8 nitrogen and oxygen atoms in total. The number of hydrogen-bond acceptors (Lipinski definition) is 4. The number of aromatic amines is 1. The monoisotopic (exact) mass is 446 g/mol. The first kappa shape index (κ1) is 20.7. The number of nitrogens with zero attached hydrogens (tertiary/aromatic N) is 2. The second-order valence-corrected chi connectivity index (χ2v) is 7.74. The number of aromatic nitrogens is 2. The normalized spacial score (nSPS) is 17.4. The lowest BCUT2D eigenvalue weighted by molar-refractivity contribution is 0.0704. The highest BCUT2D eigenvalue weighted by Gasteiger charge is 2.50. The van der Waals surface area contributed by atoms with Crippen LogP contribution in [0.1, 0.15) is 34.0 Å². The molecule has 0 saturated carbocycles. The van der Waals surface area contributed by atoms with E-state index in [0.29, 0.717) is 45.4 Å². The molecule has 0 aliphatic carbocycles. The summed E-state index contributed by atoms with van der Waals surface area (Å²) in [4.78, 5) is 32.6. The number of carbonyl (C=O) groups excluding carboxylic acids is 1. The van der Waals surface area contributed by atoms with Gasteiger partial charge in [0.1, 0.15) is 5.82 Å². The largest absolute Gasteiger partial charge is 0.465 e. The molecule has 0 fully saturated rings. The Kier molecular flexibility index (Phi) is 4.64. The number of aliphatic hydroxyl groups is 1. The lowest BCUT2D eigenvalue weighted by atomic mass is 9.93. The number of benzene rings is 3. The number of fused-ring (bicyclic) bond motifs is 2. The molecule has 1 aliphatic rings. The summed E-state index contributed by atoms with van der Waals surface area (Å²) < 4.78 is 14.2. The molecule has 3 aromatic carbocycles. The molecular weight excluding hydrogens is 427 g/mol. The Morgan fingerprint density at radius 3 is 2.73 bits per heavy atom. The number of anilines is 2. The molecule has 1 aromatic heterocycles. The zero-order valence-corrected chi connectivity index (χ0v) is 17.5. The quantitative estimate of drug-likeness (QED) is 0.375. The van der Waals surface area contributed by atoms with E-state index in [1.54, 1.807) is 48.5 Å². The third kappa shape index (κ3) is 3.13. The molecular formula is C24H19FN4O4. The van der Waals surface area contributed by atoms with Gasteiger partial charge in [-0.2, -0.15) is 0 Å². The van der Waals surface area contributed by atoms with Gasteiger partial charge in [-0.15, -0.1) is 0 Å². The van der Waals surface area contributed by atoms with Crippen molar-refractivity contribution in [2.24, 2.45) is 0 Å². The topological polar surface area (TPSA) is 119 Å². The van der Waals surface area contributed by atoms with Gasteiger partial charge >= 0.3 is 6.09 Å². The lowest BCUT2D eigenvalue weighted by Crippen LogP contribution is -2.45. The van der Waals surface area contributed by atoms with E-state index < -0.39 is 17.7 Å². The maximum atomic E-state index is 14.2. The number of halogens is 1. The van der Waals surface area contributed by atoms with Crippen LogP contribution in [0.25, 0.3) is 11.0 Å². The summed E-state index contributed by atoms with van der Waals surface area (Å²) >= 11 is 0. The number of rotatable bonds is 4. The summed E-state index contributed by atoms with van der Waals surface area (Å²) in [5.74, 6) is -0.765. The highest BCUT2D eigenvalue weighted by Crippen LogP contribution is 2.45. The number of amides is 2. The zero-order chi connectivity index (χ0) is 23.3. The van der Waals surface area contributed by atoms with Crippen LogP contribution in [0, 0.1) is 5.82 Å². The lowest BCUT2D eigenvalue weighted by Gasteiger charge is -2.35. The van der Waals surface area contributed by atoms with Crippen LogP contribution in [-0.4, -0.2) is 32.2 Å². The van der Waals surface area contributed by atoms with E-state index in [2.05, 4.69) is 15.3 Å². The fourth-order valence-corrected chi connectivity index (χ4v) is 4.31. The molecule has 0 radical (unpaired) electrons. The van der Waals surface area contributed by atoms with Gasteiger partial charge in [0.05, 0.1) is 11.0 Å². The highest BCUT2D eigenvalue weighted by molar-refractivity contribution is 6.12. The molecule has 2 heterocycles. The standard InChI is InChI=1S/C24H19FN4O4/c1-2-13-11-15(8-9-18(13)25)29-21(30)16-5-3-4-6-17(16)24(29,33)14-7-10-19-20(12-14)27-22(26-19)28-23(31)32/h3-12,33H,2H2,1H3,(H,31,32)(H2,26,27,28). The van der Waals surface area contributed by atoms with Crippen molar-refractivity contribution in [2.75, 3.05) is 10.2 Å². The molecule has 9 heteroatoms. The summed E-state index contributed by atoms with van der Waals surface area (Å²) in [7, 11) is 0. The van der Waals surface area contributed by atoms with Crippen molar-refractivity contribution in [3.05, 3.63) is 88.7 Å². The fraction of sp³-hybridized carbons (Fsp3) is 0.125. The van der Waals surface area contributed by atoms with Gasteiger partial charge in [-0.3, -0.25) is 15.0 Å². The number of aryl methyl sites for hydroxylation is 1. The summed E-state index contributed by atoms with van der Waals surface area (Å²) in [6, 6.07) is 15.9. The molecule has 0 bridgehead atoms. The van der Waals surface area contributed by atoms with Gasteiger partial charge < -0.3 is 15.2 Å². The summed E-state index contributed by atoms with van der Waals surface area (Å²) in [5, 5.41) is 23.2. The second-order valence-electron chi connectivity index (χ2n) is 7.74. The summed E-state index contributed by atoms with van der Waals surface area (Å²) in [6.07, 6.45) is -0.843. The first-order chi connectivity index (χ1) is 15.8. The third-order valence-corrected chi connectivity index (χ3v) is 5.84. The van der Waals surface area contributed by atoms with Gasteiger partial charge in [0.15, 0.2) is 5.72 Å². The van der Waals surface area contributed by atoms with Gasteiger partial charge in [-0.25, -0.2) is 14.2 Å². The van der Waals surface area contributed by atoms with Crippen molar-refractivity contribution in [1.29, 1.82) is 0 Å². The average molecular weight is 446 g/mol. The molecule has 5 rings (SSSR count). The second kappa shape index (κ2) is 7.42. The number of imidazole rings is 1. The highest BCUT2D eigenvalue weighted by atomic mass is 19.1. The van der Waals surface area contributed by atoms with Crippen LogP contribution in [0.15, 0.2) is 60.7 Å². The van der Waals surface area contributed by atoms with Gasteiger partial charge in [0.25, 0.3) is 5.91 Å². The van der Waals surface area contributed by atoms with E-state index in [-0.39, 0.29) is 11.8 Å². The molecule has 4 aromatic rings. The minimum atomic E-state index is -1.88. The van der Waals surface area contributed by atoms with Crippen molar-refractivity contribution in [3.63, 3.8) is 0 Å². The van der Waals surface area contributed by atoms with Crippen molar-refractivity contribution >= 4 is 34.7 Å². The van der Waals surface area contributed by atoms with E-state index in [9.17, 15) is 19.1 Å². The predicted octanol–water partition coefficient (Wildman–Crippen LogP) is 4.21. The maximum Gasteiger partial charge on any atom is 0.411 e. The van der Waals surface area contributed by atoms with Crippen LogP contribution < -0.4 is 10.2 Å². The Morgan fingerprint density at radius 2 is 1.97 bits per heavy atom. The van der Waals surface area contributed by atoms with E-state index in [1.807, 2.05) is 6.92 Å². The average Bonchev–Trinajstić information content (AvgIpc) is 3.30. The molecule has 1 aliphatic heterocycles. The predicted molar refractivity (Wildman–Crippen MR) is 120 cm³/mol. The van der Waals surface area contributed by atoms with Gasteiger partial charge in [0.2, 0.25) is 5.95 Å². The van der Waals surface area contributed by atoms with Crippen molar-refractivity contribution in [2.45, 2.75) is 19.1 Å². The zero-order valence-electron chi connectivity index (χ0n) is 17.5. The van der Waals surface area contributed by atoms with E-state index in [1.165, 1.54) is 17.0 Å². The van der Waals surface area contributed by atoms with Crippen molar-refractivity contribution in [1.82, 2.24) is 9.97 Å². The number of H-pyrrole nitrogens is 1. The minimum absolute atomic E-state index is 0.0347. The molecule has 0 saturated heterocycles. The Morgan fingerprint density at radius 1 is 1.18 bits per heavy atom. The van der Waals surface area contributed by atoms with Gasteiger partial charge in [-0.1, -0.05) is 31.2 Å². The first-order valence-corrected chi connectivity index (χ1v) is 10.3. The number of carboxylic acid groups (broad SMARTS) is 1. The first-order valence-electron chi connectivity index (χ1n) is 10.3. The molecule has 1 unspecified atom stereocenters. The van der Waals surface area contributed by atoms with Crippen molar-refractivity contribution in [3.8, 4) is 0 Å². The minimum Gasteiger partial charge on any atom is -0.465 e. The maximum absolute atomic E-state index is 14.2.